The number of Topliss-reactive ketones (excluding diaryl/α,β-unsaturated/α-hetero) is 1. The van der Waals surface area contributed by atoms with Gasteiger partial charge in [-0.2, -0.15) is 8.78 Å². The Morgan fingerprint density at radius 1 is 1.21 bits per heavy atom. The second-order valence-corrected chi connectivity index (χ2v) is 3.79. The average Bonchev–Trinajstić information content (AvgIpc) is 2.35. The van der Waals surface area contributed by atoms with Gasteiger partial charge in [-0.25, -0.2) is 13.2 Å². The molecule has 0 heterocycles. The third-order valence-corrected chi connectivity index (χ3v) is 2.25. The second-order valence-electron chi connectivity index (χ2n) is 3.79. The van der Waals surface area contributed by atoms with E-state index in [2.05, 4.69) is 4.74 Å². The zero-order valence-corrected chi connectivity index (χ0v) is 9.71. The summed E-state index contributed by atoms with van der Waals surface area (Å²) in [6.07, 6.45) is -4.05. The van der Waals surface area contributed by atoms with Gasteiger partial charge in [-0.15, -0.1) is 0 Å². The first-order chi connectivity index (χ1) is 8.83. The van der Waals surface area contributed by atoms with Crippen LogP contribution in [0.25, 0.3) is 0 Å². The number of hydrogen-bond acceptors (Lipinski definition) is 2. The van der Waals surface area contributed by atoms with Crippen LogP contribution in [-0.2, 0) is 4.74 Å². The van der Waals surface area contributed by atoms with Gasteiger partial charge in [0.25, 0.3) is 0 Å². The van der Waals surface area contributed by atoms with Crippen molar-refractivity contribution in [1.29, 1.82) is 0 Å². The van der Waals surface area contributed by atoms with E-state index in [-0.39, 0.29) is 12.0 Å². The summed E-state index contributed by atoms with van der Waals surface area (Å²) in [5, 5.41) is 0. The van der Waals surface area contributed by atoms with E-state index in [1.165, 1.54) is 12.1 Å². The number of rotatable bonds is 7. The predicted octanol–water partition coefficient (Wildman–Crippen LogP) is 3.32. The molecule has 1 aromatic carbocycles. The van der Waals surface area contributed by atoms with Crippen LogP contribution in [0.15, 0.2) is 24.3 Å². The van der Waals surface area contributed by atoms with Gasteiger partial charge >= 0.3 is 12.3 Å². The summed E-state index contributed by atoms with van der Waals surface area (Å²) in [6, 6.07) is 4.65. The molecule has 0 fully saturated rings. The molecule has 0 spiro atoms. The van der Waals surface area contributed by atoms with Gasteiger partial charge < -0.3 is 4.74 Å². The van der Waals surface area contributed by atoms with Crippen molar-refractivity contribution in [1.82, 2.24) is 0 Å². The van der Waals surface area contributed by atoms with Crippen molar-refractivity contribution in [2.24, 2.45) is 0 Å². The molecular formula is C12H11F5O2. The fourth-order valence-electron chi connectivity index (χ4n) is 1.22. The van der Waals surface area contributed by atoms with Gasteiger partial charge in [0, 0.05) is 12.0 Å². The summed E-state index contributed by atoms with van der Waals surface area (Å²) in [6.45, 7) is -1.85. The maximum absolute atomic E-state index is 12.6. The molecule has 0 radical (unpaired) electrons. The van der Waals surface area contributed by atoms with Crippen LogP contribution in [0.1, 0.15) is 16.8 Å². The zero-order valence-electron chi connectivity index (χ0n) is 9.71. The predicted molar refractivity (Wildman–Crippen MR) is 57.1 cm³/mol. The van der Waals surface area contributed by atoms with Crippen LogP contribution in [0, 0.1) is 5.82 Å². The minimum atomic E-state index is -4.22. The average molecular weight is 282 g/mol. The lowest BCUT2D eigenvalue weighted by Crippen LogP contribution is -2.32. The molecule has 2 nitrogen and oxygen atoms in total. The van der Waals surface area contributed by atoms with E-state index < -0.39 is 37.2 Å². The number of ketones is 1. The molecule has 106 valence electrons. The molecule has 0 aliphatic carbocycles. The highest BCUT2D eigenvalue weighted by Crippen LogP contribution is 2.22. The highest BCUT2D eigenvalue weighted by molar-refractivity contribution is 5.96. The van der Waals surface area contributed by atoms with Crippen molar-refractivity contribution in [2.45, 2.75) is 18.8 Å². The van der Waals surface area contributed by atoms with Crippen LogP contribution in [0.2, 0.25) is 0 Å². The van der Waals surface area contributed by atoms with E-state index in [0.29, 0.717) is 0 Å². The summed E-state index contributed by atoms with van der Waals surface area (Å²) in [4.78, 5) is 11.5. The Kier molecular flexibility index (Phi) is 5.41. The molecule has 0 saturated carbocycles. The molecule has 1 aromatic rings. The number of alkyl halides is 4. The summed E-state index contributed by atoms with van der Waals surface area (Å²) >= 11 is 0. The number of halogens is 5. The fourth-order valence-corrected chi connectivity index (χ4v) is 1.22. The minimum Gasteiger partial charge on any atom is -0.374 e. The molecule has 0 N–H and O–H groups in total. The van der Waals surface area contributed by atoms with Crippen molar-refractivity contribution in [3.63, 3.8) is 0 Å². The highest BCUT2D eigenvalue weighted by Gasteiger charge is 2.40. The van der Waals surface area contributed by atoms with E-state index in [9.17, 15) is 26.7 Å². The number of hydrogen-bond donors (Lipinski definition) is 0. The number of ether oxygens (including phenoxy) is 1. The Balaban J connectivity index is 2.34. The lowest BCUT2D eigenvalue weighted by Gasteiger charge is -2.14. The van der Waals surface area contributed by atoms with Crippen molar-refractivity contribution in [3.05, 3.63) is 35.6 Å². The first kappa shape index (κ1) is 15.6. The summed E-state index contributed by atoms with van der Waals surface area (Å²) in [7, 11) is 0. The lowest BCUT2D eigenvalue weighted by molar-refractivity contribution is -0.165. The first-order valence-corrected chi connectivity index (χ1v) is 5.35. The standard InChI is InChI=1S/C12H11F5O2/c13-9-3-1-8(2-4-9)10(18)5-6-19-7-12(16,17)11(14)15/h1-4,11H,5-7H2. The monoisotopic (exact) mass is 282 g/mol. The summed E-state index contributed by atoms with van der Waals surface area (Å²) in [5.41, 5.74) is 0.200. The molecular weight excluding hydrogens is 271 g/mol. The molecule has 1 rings (SSSR count). The first-order valence-electron chi connectivity index (χ1n) is 5.35. The molecule has 7 heteroatoms. The second kappa shape index (κ2) is 6.60. The number of carbonyl (C=O) groups excluding carboxylic acids is 1. The summed E-state index contributed by atoms with van der Waals surface area (Å²) < 4.78 is 65.3. The Hall–Kier alpha value is -1.50. The fraction of sp³-hybridized carbons (Fsp3) is 0.417. The Morgan fingerprint density at radius 3 is 2.32 bits per heavy atom. The molecule has 0 aliphatic rings. The number of benzene rings is 1. The molecule has 0 aliphatic heterocycles. The minimum absolute atomic E-state index is 0.200. The SMILES string of the molecule is O=C(CCOCC(F)(F)C(F)F)c1ccc(F)cc1. The lowest BCUT2D eigenvalue weighted by atomic mass is 10.1. The Bertz CT molecular complexity index is 417. The van der Waals surface area contributed by atoms with Gasteiger partial charge in [0.15, 0.2) is 5.78 Å². The van der Waals surface area contributed by atoms with Crippen molar-refractivity contribution < 1.29 is 31.5 Å². The molecule has 0 unspecified atom stereocenters. The molecule has 0 bridgehead atoms. The third-order valence-electron chi connectivity index (χ3n) is 2.25. The van der Waals surface area contributed by atoms with Crippen molar-refractivity contribution in [2.75, 3.05) is 13.2 Å². The highest BCUT2D eigenvalue weighted by atomic mass is 19.3. The number of carbonyl (C=O) groups is 1. The van der Waals surface area contributed by atoms with Crippen LogP contribution < -0.4 is 0 Å². The molecule has 0 aromatic heterocycles. The van der Waals surface area contributed by atoms with E-state index in [1.807, 2.05) is 0 Å². The third kappa shape index (κ3) is 4.94. The van der Waals surface area contributed by atoms with Gasteiger partial charge in [0.1, 0.15) is 12.4 Å². The Labute approximate surface area is 106 Å². The summed E-state index contributed by atoms with van der Waals surface area (Å²) in [5.74, 6) is -5.18. The zero-order chi connectivity index (χ0) is 14.5. The van der Waals surface area contributed by atoms with Gasteiger partial charge in [-0.05, 0) is 24.3 Å². The van der Waals surface area contributed by atoms with E-state index in [4.69, 9.17) is 0 Å². The molecule has 0 saturated heterocycles. The smallest absolute Gasteiger partial charge is 0.330 e. The van der Waals surface area contributed by atoms with Crippen molar-refractivity contribution >= 4 is 5.78 Å². The molecule has 19 heavy (non-hydrogen) atoms. The van der Waals surface area contributed by atoms with Crippen LogP contribution >= 0.6 is 0 Å². The van der Waals surface area contributed by atoms with E-state index >= 15 is 0 Å². The topological polar surface area (TPSA) is 26.3 Å². The van der Waals surface area contributed by atoms with E-state index in [1.54, 1.807) is 0 Å². The van der Waals surface area contributed by atoms with E-state index in [0.717, 1.165) is 12.1 Å². The quantitative estimate of drug-likeness (QED) is 0.435. The maximum Gasteiger partial charge on any atom is 0.330 e. The maximum atomic E-state index is 12.6. The van der Waals surface area contributed by atoms with Gasteiger partial charge in [-0.3, -0.25) is 4.79 Å². The normalized spacial score (nSPS) is 11.9. The van der Waals surface area contributed by atoms with Crippen LogP contribution in [0.5, 0.6) is 0 Å². The van der Waals surface area contributed by atoms with Crippen LogP contribution in [-0.4, -0.2) is 31.3 Å². The van der Waals surface area contributed by atoms with Gasteiger partial charge in [0.05, 0.1) is 6.61 Å². The molecule has 0 atom stereocenters. The molecule has 0 amide bonds. The largest absolute Gasteiger partial charge is 0.374 e. The van der Waals surface area contributed by atoms with Gasteiger partial charge in [-0.1, -0.05) is 0 Å². The Morgan fingerprint density at radius 2 is 1.79 bits per heavy atom. The van der Waals surface area contributed by atoms with Crippen molar-refractivity contribution in [3.8, 4) is 0 Å². The van der Waals surface area contributed by atoms with Crippen LogP contribution in [0.3, 0.4) is 0 Å². The van der Waals surface area contributed by atoms with Crippen LogP contribution in [0.4, 0.5) is 22.0 Å². The van der Waals surface area contributed by atoms with Gasteiger partial charge in [0.2, 0.25) is 0 Å².